The lowest BCUT2D eigenvalue weighted by Crippen LogP contribution is -2.12. The van der Waals surface area contributed by atoms with Crippen LogP contribution >= 0.6 is 27.3 Å². The highest BCUT2D eigenvalue weighted by Gasteiger charge is 2.13. The van der Waals surface area contributed by atoms with E-state index in [9.17, 15) is 9.18 Å². The summed E-state index contributed by atoms with van der Waals surface area (Å²) in [5.74, 6) is -0.863. The molecule has 0 aliphatic rings. The van der Waals surface area contributed by atoms with Crippen LogP contribution < -0.4 is 5.32 Å². The number of amides is 1. The maximum absolute atomic E-state index is 13.3. The lowest BCUT2D eigenvalue weighted by Gasteiger charge is -2.04. The highest BCUT2D eigenvalue weighted by molar-refractivity contribution is 9.10. The summed E-state index contributed by atoms with van der Waals surface area (Å²) >= 11 is 4.57. The van der Waals surface area contributed by atoms with Crippen LogP contribution in [0, 0.1) is 5.82 Å². The van der Waals surface area contributed by atoms with Gasteiger partial charge in [0.05, 0.1) is 11.3 Å². The third-order valence-electron chi connectivity index (χ3n) is 2.97. The molecule has 0 unspecified atom stereocenters. The fraction of sp³-hybridized carbons (Fsp3) is 0. The van der Waals surface area contributed by atoms with Gasteiger partial charge in [0.25, 0.3) is 5.91 Å². The number of rotatable bonds is 3. The Bertz CT molecular complexity index is 820. The predicted molar refractivity (Wildman–Crippen MR) is 89.6 cm³/mol. The number of hydrogen-bond donors (Lipinski definition) is 1. The second kappa shape index (κ2) is 6.37. The molecule has 0 atom stereocenters. The monoisotopic (exact) mass is 376 g/mol. The van der Waals surface area contributed by atoms with Crippen molar-refractivity contribution in [3.05, 3.63) is 69.8 Å². The predicted octanol–water partition coefficient (Wildman–Crippen LogP) is 4.96. The molecule has 1 heterocycles. The number of halogens is 2. The van der Waals surface area contributed by atoms with Gasteiger partial charge in [0.15, 0.2) is 5.13 Å². The quantitative estimate of drug-likeness (QED) is 0.701. The molecule has 3 aromatic rings. The molecule has 0 spiro atoms. The highest BCUT2D eigenvalue weighted by atomic mass is 79.9. The van der Waals surface area contributed by atoms with Crippen molar-refractivity contribution < 1.29 is 9.18 Å². The van der Waals surface area contributed by atoms with Crippen molar-refractivity contribution in [3.8, 4) is 11.3 Å². The van der Waals surface area contributed by atoms with E-state index >= 15 is 0 Å². The number of benzene rings is 2. The standard InChI is InChI=1S/C16H10BrFN2OS/c17-13-7-6-11(18)8-12(13)15(21)20-16-19-14(9-22-16)10-4-2-1-3-5-10/h1-9H,(H,19,20,21). The molecule has 6 heteroatoms. The SMILES string of the molecule is O=C(Nc1nc(-c2ccccc2)cs1)c1cc(F)ccc1Br. The molecule has 0 fully saturated rings. The lowest BCUT2D eigenvalue weighted by molar-refractivity contribution is 0.102. The molecule has 110 valence electrons. The molecule has 1 amide bonds. The summed E-state index contributed by atoms with van der Waals surface area (Å²) in [6, 6.07) is 13.7. The van der Waals surface area contributed by atoms with E-state index in [1.807, 2.05) is 35.7 Å². The van der Waals surface area contributed by atoms with Crippen LogP contribution in [-0.4, -0.2) is 10.9 Å². The number of nitrogens with zero attached hydrogens (tertiary/aromatic N) is 1. The summed E-state index contributed by atoms with van der Waals surface area (Å²) in [4.78, 5) is 16.6. The van der Waals surface area contributed by atoms with E-state index in [0.29, 0.717) is 9.60 Å². The second-order valence-electron chi connectivity index (χ2n) is 4.48. The zero-order chi connectivity index (χ0) is 15.5. The summed E-state index contributed by atoms with van der Waals surface area (Å²) in [6.07, 6.45) is 0. The van der Waals surface area contributed by atoms with Crippen molar-refractivity contribution in [2.24, 2.45) is 0 Å². The zero-order valence-corrected chi connectivity index (χ0v) is 13.6. The van der Waals surface area contributed by atoms with Crippen LogP contribution in [-0.2, 0) is 0 Å². The number of thiazole rings is 1. The van der Waals surface area contributed by atoms with E-state index in [0.717, 1.165) is 11.3 Å². The van der Waals surface area contributed by atoms with Crippen LogP contribution in [0.15, 0.2) is 58.4 Å². The van der Waals surface area contributed by atoms with Gasteiger partial charge in [-0.2, -0.15) is 0 Å². The number of anilines is 1. The van der Waals surface area contributed by atoms with Gasteiger partial charge in [-0.15, -0.1) is 11.3 Å². The number of nitrogens with one attached hydrogen (secondary N) is 1. The molecule has 2 aromatic carbocycles. The first-order chi connectivity index (χ1) is 10.6. The molecule has 0 saturated carbocycles. The highest BCUT2D eigenvalue weighted by Crippen LogP contribution is 2.26. The van der Waals surface area contributed by atoms with Crippen LogP contribution in [0.3, 0.4) is 0 Å². The first-order valence-corrected chi connectivity index (χ1v) is 8.08. The minimum atomic E-state index is -0.461. The Morgan fingerprint density at radius 1 is 1.18 bits per heavy atom. The third-order valence-corrected chi connectivity index (χ3v) is 4.42. The summed E-state index contributed by atoms with van der Waals surface area (Å²) in [7, 11) is 0. The third kappa shape index (κ3) is 3.23. The fourth-order valence-corrected chi connectivity index (χ4v) is 3.05. The molecule has 0 bridgehead atoms. The van der Waals surface area contributed by atoms with Crippen molar-refractivity contribution in [3.63, 3.8) is 0 Å². The second-order valence-corrected chi connectivity index (χ2v) is 6.19. The van der Waals surface area contributed by atoms with E-state index in [2.05, 4.69) is 26.2 Å². The summed E-state index contributed by atoms with van der Waals surface area (Å²) in [6.45, 7) is 0. The van der Waals surface area contributed by atoms with Crippen molar-refractivity contribution in [1.82, 2.24) is 4.98 Å². The molecule has 3 nitrogen and oxygen atoms in total. The topological polar surface area (TPSA) is 42.0 Å². The van der Waals surface area contributed by atoms with Gasteiger partial charge in [0.2, 0.25) is 0 Å². The van der Waals surface area contributed by atoms with E-state index in [1.54, 1.807) is 0 Å². The Morgan fingerprint density at radius 3 is 2.73 bits per heavy atom. The van der Waals surface area contributed by atoms with Crippen LogP contribution in [0.5, 0.6) is 0 Å². The van der Waals surface area contributed by atoms with E-state index in [1.165, 1.54) is 29.5 Å². The number of carbonyl (C=O) groups is 1. The van der Waals surface area contributed by atoms with Crippen molar-refractivity contribution in [2.45, 2.75) is 0 Å². The maximum atomic E-state index is 13.3. The Balaban J connectivity index is 1.81. The Labute approximate surface area is 139 Å². The summed E-state index contributed by atoms with van der Waals surface area (Å²) in [5, 5.41) is 5.03. The molecule has 0 radical (unpaired) electrons. The van der Waals surface area contributed by atoms with Crippen LogP contribution in [0.25, 0.3) is 11.3 Å². The van der Waals surface area contributed by atoms with Crippen LogP contribution in [0.1, 0.15) is 10.4 Å². The molecule has 3 rings (SSSR count). The van der Waals surface area contributed by atoms with Gasteiger partial charge in [-0.3, -0.25) is 10.1 Å². The molecule has 1 aromatic heterocycles. The van der Waals surface area contributed by atoms with Gasteiger partial charge in [-0.25, -0.2) is 9.37 Å². The van der Waals surface area contributed by atoms with E-state index in [-0.39, 0.29) is 5.56 Å². The maximum Gasteiger partial charge on any atom is 0.258 e. The number of carbonyl (C=O) groups excluding carboxylic acids is 1. The van der Waals surface area contributed by atoms with Crippen LogP contribution in [0.2, 0.25) is 0 Å². The average molecular weight is 377 g/mol. The minimum Gasteiger partial charge on any atom is -0.298 e. The molecule has 22 heavy (non-hydrogen) atoms. The Kier molecular flexibility index (Phi) is 4.31. The molecule has 0 saturated heterocycles. The van der Waals surface area contributed by atoms with E-state index in [4.69, 9.17) is 0 Å². The van der Waals surface area contributed by atoms with Crippen molar-refractivity contribution in [1.29, 1.82) is 0 Å². The summed E-state index contributed by atoms with van der Waals surface area (Å²) in [5.41, 5.74) is 2.00. The molecular formula is C16H10BrFN2OS. The average Bonchev–Trinajstić information content (AvgIpc) is 2.99. The molecule has 0 aliphatic carbocycles. The van der Waals surface area contributed by atoms with Gasteiger partial charge < -0.3 is 0 Å². The van der Waals surface area contributed by atoms with E-state index < -0.39 is 11.7 Å². The van der Waals surface area contributed by atoms with Gasteiger partial charge in [-0.05, 0) is 34.1 Å². The largest absolute Gasteiger partial charge is 0.298 e. The molecular weight excluding hydrogens is 367 g/mol. The smallest absolute Gasteiger partial charge is 0.258 e. The van der Waals surface area contributed by atoms with Gasteiger partial charge in [0, 0.05) is 15.4 Å². The normalized spacial score (nSPS) is 10.5. The lowest BCUT2D eigenvalue weighted by atomic mass is 10.2. The number of aromatic nitrogens is 1. The minimum absolute atomic E-state index is 0.233. The zero-order valence-electron chi connectivity index (χ0n) is 11.2. The molecule has 1 N–H and O–H groups in total. The Morgan fingerprint density at radius 2 is 1.95 bits per heavy atom. The Hall–Kier alpha value is -2.05. The molecule has 0 aliphatic heterocycles. The first-order valence-electron chi connectivity index (χ1n) is 6.41. The number of hydrogen-bond acceptors (Lipinski definition) is 3. The summed E-state index contributed by atoms with van der Waals surface area (Å²) < 4.78 is 13.8. The van der Waals surface area contributed by atoms with Gasteiger partial charge in [0.1, 0.15) is 5.82 Å². The van der Waals surface area contributed by atoms with Crippen molar-refractivity contribution in [2.75, 3.05) is 5.32 Å². The van der Waals surface area contributed by atoms with Crippen LogP contribution in [0.4, 0.5) is 9.52 Å². The fourth-order valence-electron chi connectivity index (χ4n) is 1.91. The van der Waals surface area contributed by atoms with Gasteiger partial charge in [-0.1, -0.05) is 30.3 Å². The van der Waals surface area contributed by atoms with Crippen molar-refractivity contribution >= 4 is 38.3 Å². The van der Waals surface area contributed by atoms with Gasteiger partial charge >= 0.3 is 0 Å². The first kappa shape index (κ1) is 14.9.